The third-order valence-electron chi connectivity index (χ3n) is 6.23. The van der Waals surface area contributed by atoms with Crippen molar-refractivity contribution in [3.8, 4) is 0 Å². The molecule has 3 amide bonds. The van der Waals surface area contributed by atoms with E-state index in [0.717, 1.165) is 51.3 Å². The Morgan fingerprint density at radius 1 is 1.03 bits per heavy atom. The lowest BCUT2D eigenvalue weighted by atomic mass is 10.1. The number of imide groups is 1. The minimum atomic E-state index is -5.54. The second kappa shape index (κ2) is 7.26. The van der Waals surface area contributed by atoms with Crippen molar-refractivity contribution in [2.45, 2.75) is 42.3 Å². The van der Waals surface area contributed by atoms with Crippen LogP contribution in [-0.4, -0.2) is 41.3 Å². The van der Waals surface area contributed by atoms with Gasteiger partial charge < -0.3 is 4.90 Å². The van der Waals surface area contributed by atoms with Gasteiger partial charge in [-0.15, -0.1) is 0 Å². The number of amides is 3. The molecule has 0 N–H and O–H groups in total. The fraction of sp³-hybridized carbons (Fsp3) is 0.261. The van der Waals surface area contributed by atoms with Gasteiger partial charge in [-0.3, -0.25) is 9.78 Å². The minimum Gasteiger partial charge on any atom is -0.305 e. The third-order valence-corrected chi connectivity index (χ3v) is 7.73. The number of anilines is 1. The van der Waals surface area contributed by atoms with Gasteiger partial charge in [0.1, 0.15) is 5.54 Å². The van der Waals surface area contributed by atoms with Gasteiger partial charge in [0.15, 0.2) is 0 Å². The van der Waals surface area contributed by atoms with E-state index < -0.39 is 37.7 Å². The van der Waals surface area contributed by atoms with Crippen LogP contribution in [0.2, 0.25) is 0 Å². The van der Waals surface area contributed by atoms with E-state index in [2.05, 4.69) is 4.98 Å². The summed E-state index contributed by atoms with van der Waals surface area (Å²) in [5.41, 5.74) is -4.10. The number of urea groups is 1. The first-order valence-electron chi connectivity index (χ1n) is 10.4. The van der Waals surface area contributed by atoms with E-state index in [1.165, 1.54) is 4.90 Å². The van der Waals surface area contributed by atoms with Crippen LogP contribution >= 0.6 is 0 Å². The highest BCUT2D eigenvalue weighted by atomic mass is 32.2. The van der Waals surface area contributed by atoms with E-state index in [9.17, 15) is 31.2 Å². The first-order chi connectivity index (χ1) is 16.0. The molecule has 1 aromatic heterocycles. The Hall–Kier alpha value is -3.47. The van der Waals surface area contributed by atoms with Crippen LogP contribution in [0.25, 0.3) is 10.9 Å². The molecule has 1 aliphatic carbocycles. The molecule has 0 bridgehead atoms. The number of carbonyl (C=O) groups is 2. The zero-order chi connectivity index (χ0) is 24.5. The molecule has 2 fully saturated rings. The van der Waals surface area contributed by atoms with Crippen molar-refractivity contribution in [1.29, 1.82) is 0 Å². The fourth-order valence-electron chi connectivity index (χ4n) is 4.37. The lowest BCUT2D eigenvalue weighted by Crippen LogP contribution is -2.36. The number of pyridine rings is 1. The Bertz CT molecular complexity index is 1450. The van der Waals surface area contributed by atoms with Crippen molar-refractivity contribution in [1.82, 2.24) is 9.88 Å². The number of nitrogens with zero attached hydrogens (tertiary/aromatic N) is 3. The largest absolute Gasteiger partial charge is 0.501 e. The number of para-hydroxylation sites is 1. The highest BCUT2D eigenvalue weighted by molar-refractivity contribution is 7.92. The molecule has 1 saturated heterocycles. The first kappa shape index (κ1) is 22.3. The van der Waals surface area contributed by atoms with Crippen LogP contribution in [-0.2, 0) is 21.2 Å². The van der Waals surface area contributed by atoms with Crippen LogP contribution in [0.15, 0.2) is 59.5 Å². The number of halogens is 3. The van der Waals surface area contributed by atoms with Crippen LogP contribution in [0, 0.1) is 6.92 Å². The lowest BCUT2D eigenvalue weighted by molar-refractivity contribution is -0.120. The van der Waals surface area contributed by atoms with E-state index in [0.29, 0.717) is 12.8 Å². The van der Waals surface area contributed by atoms with Gasteiger partial charge in [-0.05, 0) is 61.7 Å². The average molecular weight is 489 g/mol. The predicted octanol–water partition coefficient (Wildman–Crippen LogP) is 4.34. The number of hydrogen-bond donors (Lipinski definition) is 0. The van der Waals surface area contributed by atoms with Crippen LogP contribution in [0.3, 0.4) is 0 Å². The van der Waals surface area contributed by atoms with Gasteiger partial charge in [0.05, 0.1) is 16.1 Å². The van der Waals surface area contributed by atoms with Crippen molar-refractivity contribution in [2.75, 3.05) is 4.90 Å². The predicted molar refractivity (Wildman–Crippen MR) is 117 cm³/mol. The molecule has 5 rings (SSSR count). The van der Waals surface area contributed by atoms with Crippen molar-refractivity contribution in [3.05, 3.63) is 65.9 Å². The van der Waals surface area contributed by atoms with Gasteiger partial charge in [-0.2, -0.15) is 13.2 Å². The van der Waals surface area contributed by atoms with Crippen molar-refractivity contribution in [2.24, 2.45) is 0 Å². The van der Waals surface area contributed by atoms with Crippen molar-refractivity contribution < 1.29 is 31.2 Å². The number of aromatic nitrogens is 1. The molecule has 0 atom stereocenters. The van der Waals surface area contributed by atoms with Crippen LogP contribution in [0.5, 0.6) is 0 Å². The van der Waals surface area contributed by atoms with E-state index in [1.54, 1.807) is 0 Å². The number of fused-ring (bicyclic) bond motifs is 1. The van der Waals surface area contributed by atoms with Gasteiger partial charge in [-0.25, -0.2) is 18.1 Å². The number of sulfone groups is 1. The highest BCUT2D eigenvalue weighted by Crippen LogP contribution is 2.50. The zero-order valence-electron chi connectivity index (χ0n) is 17.8. The Labute approximate surface area is 192 Å². The summed E-state index contributed by atoms with van der Waals surface area (Å²) in [4.78, 5) is 32.5. The minimum absolute atomic E-state index is 0.0145. The Kier molecular flexibility index (Phi) is 4.77. The van der Waals surface area contributed by atoms with Crippen LogP contribution in [0.4, 0.5) is 23.7 Å². The highest BCUT2D eigenvalue weighted by Gasteiger charge is 2.65. The summed E-state index contributed by atoms with van der Waals surface area (Å²) in [6.07, 6.45) is 0.938. The van der Waals surface area contributed by atoms with E-state index >= 15 is 0 Å². The first-order valence-corrected chi connectivity index (χ1v) is 11.9. The number of rotatable bonds is 4. The normalized spacial score (nSPS) is 17.8. The number of alkyl halides is 3. The molecule has 34 heavy (non-hydrogen) atoms. The Balaban J connectivity index is 1.49. The SMILES string of the molecule is Cc1cc(CN2C(=O)N(c3ccc(S(=O)(=O)C(F)(F)F)cc3)C(=O)C23CC3)c2ccccc2n1. The molecule has 1 saturated carbocycles. The molecule has 2 aliphatic rings. The monoisotopic (exact) mass is 489 g/mol. The smallest absolute Gasteiger partial charge is 0.305 e. The Morgan fingerprint density at radius 3 is 2.29 bits per heavy atom. The van der Waals surface area contributed by atoms with Gasteiger partial charge in [0, 0.05) is 17.6 Å². The topological polar surface area (TPSA) is 87.7 Å². The van der Waals surface area contributed by atoms with Gasteiger partial charge in [0.25, 0.3) is 15.7 Å². The summed E-state index contributed by atoms with van der Waals surface area (Å²) in [6.45, 7) is 1.99. The van der Waals surface area contributed by atoms with Gasteiger partial charge in [-0.1, -0.05) is 18.2 Å². The molecule has 0 radical (unpaired) electrons. The molecule has 3 aromatic rings. The molecule has 2 aromatic carbocycles. The molecule has 1 aliphatic heterocycles. The quantitative estimate of drug-likeness (QED) is 0.509. The van der Waals surface area contributed by atoms with Crippen LogP contribution in [0.1, 0.15) is 24.1 Å². The third kappa shape index (κ3) is 3.25. The fourth-order valence-corrected chi connectivity index (χ4v) is 5.13. The molecule has 11 heteroatoms. The number of benzene rings is 2. The number of hydrogen-bond acceptors (Lipinski definition) is 5. The van der Waals surface area contributed by atoms with E-state index in [1.807, 2.05) is 37.3 Å². The summed E-state index contributed by atoms with van der Waals surface area (Å²) < 4.78 is 61.8. The summed E-state index contributed by atoms with van der Waals surface area (Å²) in [5, 5.41) is 0.851. The standard InChI is InChI=1S/C23H18F3N3O4S/c1-14-12-15(18-4-2-3-5-19(18)27-14)13-28-21(31)29(20(30)22(28)10-11-22)16-6-8-17(9-7-16)34(32,33)23(24,25)26/h2-9,12H,10-11,13H2,1H3. The second-order valence-electron chi connectivity index (χ2n) is 8.42. The Morgan fingerprint density at radius 2 is 1.68 bits per heavy atom. The molecule has 2 heterocycles. The maximum Gasteiger partial charge on any atom is 0.501 e. The lowest BCUT2D eigenvalue weighted by Gasteiger charge is -2.22. The summed E-state index contributed by atoms with van der Waals surface area (Å²) >= 11 is 0. The van der Waals surface area contributed by atoms with Crippen molar-refractivity contribution in [3.63, 3.8) is 0 Å². The summed E-state index contributed by atoms with van der Waals surface area (Å²) in [7, 11) is -5.54. The molecular formula is C23H18F3N3O4S. The number of aryl methyl sites for hydroxylation is 1. The summed E-state index contributed by atoms with van der Waals surface area (Å²) in [6, 6.07) is 12.3. The molecule has 1 spiro atoms. The average Bonchev–Trinajstić information content (AvgIpc) is 3.55. The molecule has 0 unspecified atom stereocenters. The van der Waals surface area contributed by atoms with Gasteiger partial charge in [0.2, 0.25) is 0 Å². The summed E-state index contributed by atoms with van der Waals surface area (Å²) in [5.74, 6) is -0.473. The molecule has 176 valence electrons. The maximum atomic E-state index is 13.4. The van der Waals surface area contributed by atoms with Crippen LogP contribution < -0.4 is 4.90 Å². The molecule has 7 nitrogen and oxygen atoms in total. The number of carbonyl (C=O) groups excluding carboxylic acids is 2. The van der Waals surface area contributed by atoms with E-state index in [-0.39, 0.29) is 12.2 Å². The maximum absolute atomic E-state index is 13.4. The van der Waals surface area contributed by atoms with Gasteiger partial charge >= 0.3 is 11.5 Å². The van der Waals surface area contributed by atoms with E-state index in [4.69, 9.17) is 0 Å². The molecular weight excluding hydrogens is 471 g/mol. The second-order valence-corrected chi connectivity index (χ2v) is 10.4. The van der Waals surface area contributed by atoms with Crippen molar-refractivity contribution >= 4 is 38.4 Å². The zero-order valence-corrected chi connectivity index (χ0v) is 18.7.